The van der Waals surface area contributed by atoms with Gasteiger partial charge in [0, 0.05) is 16.6 Å². The van der Waals surface area contributed by atoms with Gasteiger partial charge in [0.15, 0.2) is 11.7 Å². The molecular formula is C32H28BrClN4O7S2. The highest BCUT2D eigenvalue weighted by Crippen LogP contribution is 2.27. The molecule has 0 saturated heterocycles. The van der Waals surface area contributed by atoms with Gasteiger partial charge >= 0.3 is 6.09 Å². The average Bonchev–Trinajstić information content (AvgIpc) is 3.04. The number of hydrogen-bond donors (Lipinski definition) is 4. The Bertz CT molecular complexity index is 1850. The van der Waals surface area contributed by atoms with Crippen molar-refractivity contribution < 1.29 is 32.3 Å². The SMILES string of the molecule is O=C(COc1ccc(Br)cc1Cl)NC(=S)Nc1cccc(S(=O)(=O)NC(=O)[C@H](Cc2ccccc2)NC(=O)OCc2ccccc2)c1. The molecule has 4 N–H and O–H groups in total. The minimum Gasteiger partial charge on any atom is -0.482 e. The van der Waals surface area contributed by atoms with Crippen LogP contribution in [0, 0.1) is 0 Å². The summed E-state index contributed by atoms with van der Waals surface area (Å²) in [6, 6.07) is 26.8. The Morgan fingerprint density at radius 3 is 2.23 bits per heavy atom. The van der Waals surface area contributed by atoms with E-state index in [-0.39, 0.29) is 35.3 Å². The maximum absolute atomic E-state index is 13.3. The van der Waals surface area contributed by atoms with Crippen molar-refractivity contribution in [1.29, 1.82) is 0 Å². The van der Waals surface area contributed by atoms with Crippen molar-refractivity contribution in [3.05, 3.63) is 124 Å². The van der Waals surface area contributed by atoms with E-state index < -0.39 is 34.0 Å². The van der Waals surface area contributed by atoms with Gasteiger partial charge in [-0.25, -0.2) is 17.9 Å². The molecular weight excluding hydrogens is 732 g/mol. The number of halogens is 2. The summed E-state index contributed by atoms with van der Waals surface area (Å²) in [4.78, 5) is 37.9. The zero-order valence-electron chi connectivity index (χ0n) is 24.4. The Hall–Kier alpha value is -4.50. The quantitative estimate of drug-likeness (QED) is 0.140. The minimum atomic E-state index is -4.41. The molecule has 15 heteroatoms. The Morgan fingerprint density at radius 2 is 1.55 bits per heavy atom. The number of benzene rings is 4. The lowest BCUT2D eigenvalue weighted by atomic mass is 10.1. The van der Waals surface area contributed by atoms with Crippen LogP contribution in [0.5, 0.6) is 5.75 Å². The van der Waals surface area contributed by atoms with E-state index in [1.54, 1.807) is 72.8 Å². The number of amides is 3. The molecule has 0 fully saturated rings. The summed E-state index contributed by atoms with van der Waals surface area (Å²) in [5, 5.41) is 7.80. The summed E-state index contributed by atoms with van der Waals surface area (Å²) < 4.78 is 39.9. The number of hydrogen-bond acceptors (Lipinski definition) is 8. The maximum atomic E-state index is 13.3. The predicted molar refractivity (Wildman–Crippen MR) is 184 cm³/mol. The molecule has 0 bridgehead atoms. The van der Waals surface area contributed by atoms with Crippen LogP contribution in [-0.4, -0.2) is 44.1 Å². The number of carbonyl (C=O) groups excluding carboxylic acids is 3. The number of sulfonamides is 1. The van der Waals surface area contributed by atoms with Crippen LogP contribution in [0.25, 0.3) is 0 Å². The van der Waals surface area contributed by atoms with Crippen molar-refractivity contribution in [2.75, 3.05) is 11.9 Å². The molecule has 0 spiro atoms. The Kier molecular flexibility index (Phi) is 12.7. The monoisotopic (exact) mass is 758 g/mol. The standard InChI is InChI=1S/C32H28BrClN4O7S2/c33-23-14-15-28(26(34)17-23)44-20-29(39)37-31(46)35-24-12-7-13-25(18-24)47(42,43)38-30(40)27(16-21-8-3-1-4-9-21)36-32(41)45-19-22-10-5-2-6-11-22/h1-15,17-18,27H,16,19-20H2,(H,36,41)(H,38,40)(H2,35,37,39,46)/t27-/m0/s1. The van der Waals surface area contributed by atoms with Crippen molar-refractivity contribution in [2.45, 2.75) is 24.0 Å². The molecule has 0 unspecified atom stereocenters. The molecule has 4 aromatic rings. The van der Waals surface area contributed by atoms with Crippen LogP contribution in [-0.2, 0) is 37.4 Å². The molecule has 0 aliphatic carbocycles. The van der Waals surface area contributed by atoms with Gasteiger partial charge in [-0.3, -0.25) is 14.9 Å². The Morgan fingerprint density at radius 1 is 0.872 bits per heavy atom. The first kappa shape index (κ1) is 35.4. The van der Waals surface area contributed by atoms with Gasteiger partial charge in [-0.05, 0) is 59.7 Å². The molecule has 47 heavy (non-hydrogen) atoms. The summed E-state index contributed by atoms with van der Waals surface area (Å²) in [7, 11) is -4.41. The summed E-state index contributed by atoms with van der Waals surface area (Å²) in [6.07, 6.45) is -0.898. The van der Waals surface area contributed by atoms with Gasteiger partial charge < -0.3 is 20.1 Å². The zero-order valence-corrected chi connectivity index (χ0v) is 28.4. The molecule has 0 saturated carbocycles. The van der Waals surface area contributed by atoms with E-state index in [2.05, 4.69) is 31.9 Å². The zero-order chi connectivity index (χ0) is 33.8. The van der Waals surface area contributed by atoms with Gasteiger partial charge in [0.1, 0.15) is 18.4 Å². The first-order valence-electron chi connectivity index (χ1n) is 13.8. The number of anilines is 1. The van der Waals surface area contributed by atoms with Crippen LogP contribution in [0.4, 0.5) is 10.5 Å². The smallest absolute Gasteiger partial charge is 0.408 e. The topological polar surface area (TPSA) is 152 Å². The van der Waals surface area contributed by atoms with Gasteiger partial charge in [-0.2, -0.15) is 0 Å². The maximum Gasteiger partial charge on any atom is 0.408 e. The van der Waals surface area contributed by atoms with E-state index in [4.69, 9.17) is 33.3 Å². The van der Waals surface area contributed by atoms with Crippen molar-refractivity contribution in [3.8, 4) is 5.75 Å². The molecule has 0 aliphatic rings. The Labute approximate surface area is 290 Å². The average molecular weight is 760 g/mol. The van der Waals surface area contributed by atoms with Gasteiger partial charge in [0.2, 0.25) is 0 Å². The molecule has 3 amide bonds. The first-order valence-corrected chi connectivity index (χ1v) is 16.9. The highest BCUT2D eigenvalue weighted by Gasteiger charge is 2.27. The first-order chi connectivity index (χ1) is 22.5. The third-order valence-electron chi connectivity index (χ3n) is 6.25. The Balaban J connectivity index is 1.37. The van der Waals surface area contributed by atoms with E-state index >= 15 is 0 Å². The van der Waals surface area contributed by atoms with E-state index in [0.29, 0.717) is 16.3 Å². The summed E-state index contributed by atoms with van der Waals surface area (Å²) in [5.41, 5.74) is 1.63. The fourth-order valence-corrected chi connectivity index (χ4v) is 6.05. The lowest BCUT2D eigenvalue weighted by Gasteiger charge is -2.19. The second kappa shape index (κ2) is 16.9. The lowest BCUT2D eigenvalue weighted by molar-refractivity contribution is -0.122. The van der Waals surface area contributed by atoms with E-state index in [9.17, 15) is 22.8 Å². The number of thiocarbonyl (C=S) groups is 1. The third kappa shape index (κ3) is 11.4. The minimum absolute atomic E-state index is 0.00404. The fourth-order valence-electron chi connectivity index (χ4n) is 4.03. The highest BCUT2D eigenvalue weighted by atomic mass is 79.9. The van der Waals surface area contributed by atoms with E-state index in [1.165, 1.54) is 24.3 Å². The molecule has 1 atom stereocenters. The number of carbonyl (C=O) groups is 3. The largest absolute Gasteiger partial charge is 0.482 e. The molecule has 244 valence electrons. The van der Waals surface area contributed by atoms with Gasteiger partial charge in [0.25, 0.3) is 21.8 Å². The molecule has 4 aromatic carbocycles. The van der Waals surface area contributed by atoms with Crippen LogP contribution in [0.1, 0.15) is 11.1 Å². The lowest BCUT2D eigenvalue weighted by Crippen LogP contribution is -2.49. The summed E-state index contributed by atoms with van der Waals surface area (Å²) >= 11 is 14.6. The molecule has 4 rings (SSSR count). The van der Waals surface area contributed by atoms with Crippen LogP contribution in [0.2, 0.25) is 5.02 Å². The van der Waals surface area contributed by atoms with Crippen LogP contribution < -0.4 is 25.4 Å². The molecule has 11 nitrogen and oxygen atoms in total. The van der Waals surface area contributed by atoms with Gasteiger partial charge in [-0.1, -0.05) is 94.3 Å². The summed E-state index contributed by atoms with van der Waals surface area (Å²) in [5.74, 6) is -1.26. The normalized spacial score (nSPS) is 11.4. The van der Waals surface area contributed by atoms with E-state index in [0.717, 1.165) is 10.0 Å². The highest BCUT2D eigenvalue weighted by molar-refractivity contribution is 9.10. The molecule has 0 radical (unpaired) electrons. The van der Waals surface area contributed by atoms with E-state index in [1.807, 2.05) is 10.8 Å². The van der Waals surface area contributed by atoms with Crippen LogP contribution in [0.3, 0.4) is 0 Å². The molecule has 0 aliphatic heterocycles. The van der Waals surface area contributed by atoms with Gasteiger partial charge in [-0.15, -0.1) is 0 Å². The number of nitrogens with one attached hydrogen (secondary N) is 4. The second-order valence-electron chi connectivity index (χ2n) is 9.81. The van der Waals surface area contributed by atoms with Crippen LogP contribution >= 0.6 is 39.7 Å². The number of alkyl carbamates (subject to hydrolysis) is 1. The second-order valence-corrected chi connectivity index (χ2v) is 13.2. The molecule has 0 heterocycles. The number of rotatable bonds is 12. The van der Waals surface area contributed by atoms with Crippen LogP contribution in [0.15, 0.2) is 112 Å². The summed E-state index contributed by atoms with van der Waals surface area (Å²) in [6.45, 7) is -0.430. The molecule has 0 aromatic heterocycles. The van der Waals surface area contributed by atoms with Gasteiger partial charge in [0.05, 0.1) is 9.92 Å². The van der Waals surface area contributed by atoms with Crippen molar-refractivity contribution >= 4 is 78.5 Å². The number of ether oxygens (including phenoxy) is 2. The third-order valence-corrected chi connectivity index (χ3v) is 8.58. The fraction of sp³-hybridized carbons (Fsp3) is 0.125. The van der Waals surface area contributed by atoms with Crippen molar-refractivity contribution in [3.63, 3.8) is 0 Å². The van der Waals surface area contributed by atoms with Crippen molar-refractivity contribution in [2.24, 2.45) is 0 Å². The van der Waals surface area contributed by atoms with Crippen molar-refractivity contribution in [1.82, 2.24) is 15.4 Å². The predicted octanol–water partition coefficient (Wildman–Crippen LogP) is 5.34.